The first-order valence-electron chi connectivity index (χ1n) is 7.97. The molecule has 0 spiro atoms. The quantitative estimate of drug-likeness (QED) is 0.662. The van der Waals surface area contributed by atoms with E-state index in [2.05, 4.69) is 15.9 Å². The van der Waals surface area contributed by atoms with Crippen LogP contribution in [-0.2, 0) is 19.1 Å². The minimum Gasteiger partial charge on any atom is -0.455 e. The maximum absolute atomic E-state index is 11.9. The zero-order chi connectivity index (χ0) is 17.7. The lowest BCUT2D eigenvalue weighted by atomic mass is 10.0. The zero-order valence-electron chi connectivity index (χ0n) is 14.0. The first-order chi connectivity index (χ1) is 11.4. The van der Waals surface area contributed by atoms with Gasteiger partial charge < -0.3 is 9.47 Å². The summed E-state index contributed by atoms with van der Waals surface area (Å²) in [5.74, 6) is -1.15. The third-order valence-electron chi connectivity index (χ3n) is 3.99. The van der Waals surface area contributed by atoms with Crippen molar-refractivity contribution in [3.8, 4) is 0 Å². The molecule has 0 saturated heterocycles. The lowest BCUT2D eigenvalue weighted by molar-refractivity contribution is -0.164. The molecule has 0 heterocycles. The smallest absolute Gasteiger partial charge is 0.344 e. The Morgan fingerprint density at radius 1 is 1.12 bits per heavy atom. The number of rotatable bonds is 6. The summed E-state index contributed by atoms with van der Waals surface area (Å²) in [5.41, 5.74) is 0.871. The van der Waals surface area contributed by atoms with Crippen LogP contribution < -0.4 is 0 Å². The fourth-order valence-electron chi connectivity index (χ4n) is 2.30. The van der Waals surface area contributed by atoms with Gasteiger partial charge in [0.1, 0.15) is 6.10 Å². The Morgan fingerprint density at radius 3 is 2.54 bits per heavy atom. The second kappa shape index (κ2) is 8.29. The van der Waals surface area contributed by atoms with E-state index < -0.39 is 12.1 Å². The van der Waals surface area contributed by atoms with Crippen LogP contribution >= 0.6 is 15.9 Å². The van der Waals surface area contributed by atoms with E-state index in [-0.39, 0.29) is 18.5 Å². The molecule has 0 N–H and O–H groups in total. The van der Waals surface area contributed by atoms with E-state index >= 15 is 0 Å². The first-order valence-corrected chi connectivity index (χ1v) is 8.76. The van der Waals surface area contributed by atoms with Crippen LogP contribution in [0.15, 0.2) is 40.9 Å². The average molecular weight is 393 g/mol. The number of esters is 2. The van der Waals surface area contributed by atoms with Crippen molar-refractivity contribution in [3.63, 3.8) is 0 Å². The van der Waals surface area contributed by atoms with Gasteiger partial charge in [0.05, 0.1) is 5.92 Å². The Bertz CT molecular complexity index is 741. The monoisotopic (exact) mass is 392 g/mol. The summed E-state index contributed by atoms with van der Waals surface area (Å²) >= 11 is 3.59. The van der Waals surface area contributed by atoms with Crippen molar-refractivity contribution in [2.45, 2.75) is 33.3 Å². The predicted molar refractivity (Wildman–Crippen MR) is 96.6 cm³/mol. The van der Waals surface area contributed by atoms with Crippen molar-refractivity contribution >= 4 is 38.6 Å². The van der Waals surface area contributed by atoms with Crippen LogP contribution in [-0.4, -0.2) is 18.5 Å². The highest BCUT2D eigenvalue weighted by Gasteiger charge is 2.18. The van der Waals surface area contributed by atoms with Crippen LogP contribution in [0.4, 0.5) is 0 Å². The molecule has 2 unspecified atom stereocenters. The third kappa shape index (κ3) is 4.35. The first kappa shape index (κ1) is 18.5. The number of ether oxygens (including phenoxy) is 2. The van der Waals surface area contributed by atoms with Crippen molar-refractivity contribution in [2.75, 3.05) is 6.61 Å². The van der Waals surface area contributed by atoms with Crippen LogP contribution in [0.25, 0.3) is 10.8 Å². The van der Waals surface area contributed by atoms with Gasteiger partial charge in [0.15, 0.2) is 6.61 Å². The summed E-state index contributed by atoms with van der Waals surface area (Å²) in [7, 11) is 0. The highest BCUT2D eigenvalue weighted by Crippen LogP contribution is 2.32. The van der Waals surface area contributed by atoms with Crippen LogP contribution in [0.3, 0.4) is 0 Å². The summed E-state index contributed by atoms with van der Waals surface area (Å²) in [6, 6.07) is 11.9. The Morgan fingerprint density at radius 2 is 1.83 bits per heavy atom. The molecule has 0 radical (unpaired) electrons. The maximum atomic E-state index is 11.9. The molecule has 0 bridgehead atoms. The van der Waals surface area contributed by atoms with Crippen LogP contribution in [0.1, 0.15) is 38.9 Å². The number of halogens is 1. The molecule has 0 aliphatic carbocycles. The van der Waals surface area contributed by atoms with E-state index in [1.807, 2.05) is 43.3 Å². The summed E-state index contributed by atoms with van der Waals surface area (Å²) in [4.78, 5) is 23.5. The number of hydrogen-bond acceptors (Lipinski definition) is 4. The van der Waals surface area contributed by atoms with Crippen molar-refractivity contribution < 1.29 is 19.1 Å². The molecule has 0 amide bonds. The van der Waals surface area contributed by atoms with Gasteiger partial charge in [-0.3, -0.25) is 4.79 Å². The van der Waals surface area contributed by atoms with Crippen LogP contribution in [0.2, 0.25) is 0 Å². The molecule has 0 fully saturated rings. The number of carbonyl (C=O) groups excluding carboxylic acids is 2. The van der Waals surface area contributed by atoms with Crippen LogP contribution in [0.5, 0.6) is 0 Å². The zero-order valence-corrected chi connectivity index (χ0v) is 15.6. The summed E-state index contributed by atoms with van der Waals surface area (Å²) in [5, 5.41) is 2.16. The molecule has 0 aromatic heterocycles. The molecule has 5 heteroatoms. The maximum Gasteiger partial charge on any atom is 0.344 e. The Balaban J connectivity index is 2.02. The van der Waals surface area contributed by atoms with E-state index in [4.69, 9.17) is 9.47 Å². The molecular weight excluding hydrogens is 372 g/mol. The topological polar surface area (TPSA) is 52.6 Å². The summed E-state index contributed by atoms with van der Waals surface area (Å²) in [6.45, 7) is 5.09. The molecule has 2 aromatic rings. The SMILES string of the molecule is CCC(C)C(=O)OCC(=O)OC(C)c1ccc2ccccc2c1Br. The predicted octanol–water partition coefficient (Wildman–Crippen LogP) is 4.80. The van der Waals surface area contributed by atoms with Crippen molar-refractivity contribution in [1.82, 2.24) is 0 Å². The van der Waals surface area contributed by atoms with Crippen molar-refractivity contribution in [1.29, 1.82) is 0 Å². The Labute approximate surface area is 150 Å². The van der Waals surface area contributed by atoms with E-state index in [1.54, 1.807) is 13.8 Å². The van der Waals surface area contributed by atoms with Gasteiger partial charge in [-0.05, 0) is 40.0 Å². The van der Waals surface area contributed by atoms with E-state index in [0.29, 0.717) is 6.42 Å². The van der Waals surface area contributed by atoms with E-state index in [1.165, 1.54) is 0 Å². The number of carbonyl (C=O) groups is 2. The highest BCUT2D eigenvalue weighted by molar-refractivity contribution is 9.10. The minimum atomic E-state index is -0.556. The fraction of sp³-hybridized carbons (Fsp3) is 0.368. The highest BCUT2D eigenvalue weighted by atomic mass is 79.9. The standard InChI is InChI=1S/C19H21BrO4/c1-4-12(2)19(22)23-11-17(21)24-13(3)15-10-9-14-7-5-6-8-16(14)18(15)20/h5-10,12-13H,4,11H2,1-3H3. The third-order valence-corrected chi connectivity index (χ3v) is 4.87. The molecule has 0 saturated carbocycles. The number of benzene rings is 2. The van der Waals surface area contributed by atoms with Gasteiger partial charge >= 0.3 is 11.9 Å². The van der Waals surface area contributed by atoms with E-state index in [9.17, 15) is 9.59 Å². The van der Waals surface area contributed by atoms with Gasteiger partial charge in [-0.15, -0.1) is 0 Å². The molecule has 24 heavy (non-hydrogen) atoms. The Hall–Kier alpha value is -1.88. The minimum absolute atomic E-state index is 0.218. The summed E-state index contributed by atoms with van der Waals surface area (Å²) < 4.78 is 11.3. The fourth-order valence-corrected chi connectivity index (χ4v) is 3.11. The van der Waals surface area contributed by atoms with Gasteiger partial charge in [0.25, 0.3) is 0 Å². The van der Waals surface area contributed by atoms with Gasteiger partial charge in [0, 0.05) is 10.0 Å². The molecule has 128 valence electrons. The second-order valence-electron chi connectivity index (χ2n) is 5.74. The lowest BCUT2D eigenvalue weighted by Gasteiger charge is -2.17. The molecule has 0 aliphatic heterocycles. The van der Waals surface area contributed by atoms with Crippen LogP contribution in [0, 0.1) is 5.92 Å². The molecule has 4 nitrogen and oxygen atoms in total. The summed E-state index contributed by atoms with van der Waals surface area (Å²) in [6.07, 6.45) is 0.229. The van der Waals surface area contributed by atoms with Gasteiger partial charge in [-0.1, -0.05) is 50.2 Å². The number of fused-ring (bicyclic) bond motifs is 1. The van der Waals surface area contributed by atoms with Crippen molar-refractivity contribution in [2.24, 2.45) is 5.92 Å². The molecule has 0 aliphatic rings. The lowest BCUT2D eigenvalue weighted by Crippen LogP contribution is -2.21. The normalized spacial score (nSPS) is 13.3. The number of hydrogen-bond donors (Lipinski definition) is 0. The molecular formula is C19H21BrO4. The molecule has 2 rings (SSSR count). The largest absolute Gasteiger partial charge is 0.455 e. The second-order valence-corrected chi connectivity index (χ2v) is 6.53. The average Bonchev–Trinajstić information content (AvgIpc) is 2.59. The Kier molecular flexibility index (Phi) is 6.37. The molecule has 2 aromatic carbocycles. The van der Waals surface area contributed by atoms with E-state index in [0.717, 1.165) is 20.8 Å². The van der Waals surface area contributed by atoms with Gasteiger partial charge in [0.2, 0.25) is 0 Å². The van der Waals surface area contributed by atoms with Gasteiger partial charge in [-0.25, -0.2) is 4.79 Å². The van der Waals surface area contributed by atoms with Gasteiger partial charge in [-0.2, -0.15) is 0 Å². The van der Waals surface area contributed by atoms with Crippen molar-refractivity contribution in [3.05, 3.63) is 46.4 Å². The molecule has 2 atom stereocenters.